The van der Waals surface area contributed by atoms with Crippen molar-refractivity contribution in [2.24, 2.45) is 0 Å². The molecule has 2 nitrogen and oxygen atoms in total. The predicted octanol–water partition coefficient (Wildman–Crippen LogP) is 2.76. The zero-order valence-corrected chi connectivity index (χ0v) is 10.3. The van der Waals surface area contributed by atoms with Crippen molar-refractivity contribution in [2.75, 3.05) is 5.88 Å². The van der Waals surface area contributed by atoms with E-state index in [4.69, 9.17) is 11.6 Å². The molecule has 0 aliphatic heterocycles. The second kappa shape index (κ2) is 4.10. The predicted molar refractivity (Wildman–Crippen MR) is 65.7 cm³/mol. The van der Waals surface area contributed by atoms with Gasteiger partial charge in [0.15, 0.2) is 0 Å². The minimum Gasteiger partial charge on any atom is -0.348 e. The van der Waals surface area contributed by atoms with Crippen LogP contribution in [0.25, 0.3) is 0 Å². The van der Waals surface area contributed by atoms with E-state index in [1.165, 1.54) is 11.1 Å². The van der Waals surface area contributed by atoms with Gasteiger partial charge in [-0.3, -0.25) is 4.79 Å². The SMILES string of the molecule is CC1(C)C[C@H](NC(=O)CCl)c2ccccc21. The van der Waals surface area contributed by atoms with E-state index in [-0.39, 0.29) is 23.2 Å². The van der Waals surface area contributed by atoms with Crippen LogP contribution in [-0.4, -0.2) is 11.8 Å². The largest absolute Gasteiger partial charge is 0.348 e. The van der Waals surface area contributed by atoms with Crippen LogP contribution in [-0.2, 0) is 10.2 Å². The number of halogens is 1. The van der Waals surface area contributed by atoms with Crippen LogP contribution >= 0.6 is 11.6 Å². The van der Waals surface area contributed by atoms with Crippen LogP contribution in [0.15, 0.2) is 24.3 Å². The first-order chi connectivity index (χ1) is 7.54. The van der Waals surface area contributed by atoms with E-state index >= 15 is 0 Å². The Bertz CT molecular complexity index is 414. The summed E-state index contributed by atoms with van der Waals surface area (Å²) < 4.78 is 0. The number of alkyl halides is 1. The third-order valence-corrected chi connectivity index (χ3v) is 3.48. The molecule has 0 heterocycles. The van der Waals surface area contributed by atoms with Gasteiger partial charge in [-0.05, 0) is 23.0 Å². The van der Waals surface area contributed by atoms with Crippen LogP contribution < -0.4 is 5.32 Å². The third kappa shape index (κ3) is 1.94. The van der Waals surface area contributed by atoms with E-state index in [1.807, 2.05) is 12.1 Å². The lowest BCUT2D eigenvalue weighted by atomic mass is 9.86. The molecule has 0 radical (unpaired) electrons. The van der Waals surface area contributed by atoms with Gasteiger partial charge in [-0.25, -0.2) is 0 Å². The van der Waals surface area contributed by atoms with Crippen LogP contribution in [0.2, 0.25) is 0 Å². The molecule has 0 aromatic heterocycles. The third-order valence-electron chi connectivity index (χ3n) is 3.24. The Kier molecular flexibility index (Phi) is 2.94. The first-order valence-corrected chi connectivity index (χ1v) is 6.03. The monoisotopic (exact) mass is 237 g/mol. The molecule has 0 saturated heterocycles. The summed E-state index contributed by atoms with van der Waals surface area (Å²) in [6.45, 7) is 4.41. The number of rotatable bonds is 2. The normalized spacial score (nSPS) is 21.6. The Labute approximate surface area is 101 Å². The maximum atomic E-state index is 11.3. The summed E-state index contributed by atoms with van der Waals surface area (Å²) in [6.07, 6.45) is 0.939. The summed E-state index contributed by atoms with van der Waals surface area (Å²) in [6, 6.07) is 8.40. The number of nitrogens with one attached hydrogen (secondary N) is 1. The fraction of sp³-hybridized carbons (Fsp3) is 0.462. The minimum absolute atomic E-state index is 0.0269. The lowest BCUT2D eigenvalue weighted by Crippen LogP contribution is -2.29. The molecule has 3 heteroatoms. The Morgan fingerprint density at radius 2 is 2.19 bits per heavy atom. The molecule has 2 rings (SSSR count). The Morgan fingerprint density at radius 3 is 2.88 bits per heavy atom. The smallest absolute Gasteiger partial charge is 0.235 e. The molecule has 1 aromatic rings. The molecule has 0 saturated carbocycles. The number of hydrogen-bond donors (Lipinski definition) is 1. The minimum atomic E-state index is -0.0980. The topological polar surface area (TPSA) is 29.1 Å². The van der Waals surface area contributed by atoms with Gasteiger partial charge in [0.2, 0.25) is 5.91 Å². The molecule has 0 bridgehead atoms. The average Bonchev–Trinajstić information content (AvgIpc) is 2.51. The summed E-state index contributed by atoms with van der Waals surface area (Å²) in [5.74, 6) is -0.0711. The van der Waals surface area contributed by atoms with Crippen LogP contribution in [0.3, 0.4) is 0 Å². The molecule has 1 aliphatic carbocycles. The molecule has 1 aromatic carbocycles. The molecule has 0 fully saturated rings. The molecule has 1 amide bonds. The first kappa shape index (κ1) is 11.5. The number of amides is 1. The first-order valence-electron chi connectivity index (χ1n) is 5.49. The van der Waals surface area contributed by atoms with Gasteiger partial charge in [0, 0.05) is 0 Å². The highest BCUT2D eigenvalue weighted by Gasteiger charge is 2.36. The van der Waals surface area contributed by atoms with Crippen molar-refractivity contribution in [1.29, 1.82) is 0 Å². The second-order valence-corrected chi connectivity index (χ2v) is 5.20. The zero-order valence-electron chi connectivity index (χ0n) is 9.59. The summed E-state index contributed by atoms with van der Waals surface area (Å²) >= 11 is 5.52. The Morgan fingerprint density at radius 1 is 1.50 bits per heavy atom. The van der Waals surface area contributed by atoms with Crippen molar-refractivity contribution >= 4 is 17.5 Å². The van der Waals surface area contributed by atoms with Crippen molar-refractivity contribution in [3.8, 4) is 0 Å². The summed E-state index contributed by atoms with van der Waals surface area (Å²) in [7, 11) is 0. The standard InChI is InChI=1S/C13H16ClNO/c1-13(2)7-11(15-12(16)8-14)9-5-3-4-6-10(9)13/h3-6,11H,7-8H2,1-2H3,(H,15,16)/t11-/m0/s1. The second-order valence-electron chi connectivity index (χ2n) is 4.93. The molecular weight excluding hydrogens is 222 g/mol. The lowest BCUT2D eigenvalue weighted by molar-refractivity contribution is -0.119. The van der Waals surface area contributed by atoms with Gasteiger partial charge >= 0.3 is 0 Å². The fourth-order valence-electron chi connectivity index (χ4n) is 2.51. The van der Waals surface area contributed by atoms with Gasteiger partial charge in [-0.2, -0.15) is 0 Å². The van der Waals surface area contributed by atoms with E-state index in [2.05, 4.69) is 31.3 Å². The Balaban J connectivity index is 2.30. The van der Waals surface area contributed by atoms with Crippen LogP contribution in [0.1, 0.15) is 37.4 Å². The van der Waals surface area contributed by atoms with Gasteiger partial charge in [0.05, 0.1) is 6.04 Å². The molecule has 16 heavy (non-hydrogen) atoms. The number of benzene rings is 1. The summed E-state index contributed by atoms with van der Waals surface area (Å²) in [5, 5.41) is 2.97. The van der Waals surface area contributed by atoms with Crippen molar-refractivity contribution in [1.82, 2.24) is 5.32 Å². The van der Waals surface area contributed by atoms with E-state index in [9.17, 15) is 4.79 Å². The van der Waals surface area contributed by atoms with Gasteiger partial charge in [0.25, 0.3) is 0 Å². The van der Waals surface area contributed by atoms with Gasteiger partial charge in [-0.15, -0.1) is 11.6 Å². The summed E-state index contributed by atoms with van der Waals surface area (Å²) in [4.78, 5) is 11.3. The number of carbonyl (C=O) groups excluding carboxylic acids is 1. The van der Waals surface area contributed by atoms with Gasteiger partial charge in [0.1, 0.15) is 5.88 Å². The highest BCUT2D eigenvalue weighted by Crippen LogP contribution is 2.44. The molecule has 0 spiro atoms. The van der Waals surface area contributed by atoms with E-state index < -0.39 is 0 Å². The maximum absolute atomic E-state index is 11.3. The quantitative estimate of drug-likeness (QED) is 0.788. The van der Waals surface area contributed by atoms with Crippen LogP contribution in [0.4, 0.5) is 0 Å². The van der Waals surface area contributed by atoms with E-state index in [0.717, 1.165) is 6.42 Å². The maximum Gasteiger partial charge on any atom is 0.235 e. The fourth-order valence-corrected chi connectivity index (χ4v) is 2.59. The molecule has 1 atom stereocenters. The summed E-state index contributed by atoms with van der Waals surface area (Å²) in [5.41, 5.74) is 2.68. The van der Waals surface area contributed by atoms with Gasteiger partial charge < -0.3 is 5.32 Å². The Hall–Kier alpha value is -1.02. The van der Waals surface area contributed by atoms with Crippen molar-refractivity contribution in [3.05, 3.63) is 35.4 Å². The molecule has 86 valence electrons. The number of fused-ring (bicyclic) bond motifs is 1. The molecule has 1 aliphatic rings. The number of hydrogen-bond acceptors (Lipinski definition) is 1. The van der Waals surface area contributed by atoms with Crippen LogP contribution in [0, 0.1) is 0 Å². The van der Waals surface area contributed by atoms with E-state index in [0.29, 0.717) is 0 Å². The molecule has 1 N–H and O–H groups in total. The average molecular weight is 238 g/mol. The highest BCUT2D eigenvalue weighted by atomic mass is 35.5. The number of carbonyl (C=O) groups is 1. The van der Waals surface area contributed by atoms with Gasteiger partial charge in [-0.1, -0.05) is 38.1 Å². The highest BCUT2D eigenvalue weighted by molar-refractivity contribution is 6.27. The lowest BCUT2D eigenvalue weighted by Gasteiger charge is -2.19. The van der Waals surface area contributed by atoms with Crippen molar-refractivity contribution in [2.45, 2.75) is 31.7 Å². The van der Waals surface area contributed by atoms with Crippen molar-refractivity contribution in [3.63, 3.8) is 0 Å². The van der Waals surface area contributed by atoms with Crippen molar-refractivity contribution < 1.29 is 4.79 Å². The molecule has 0 unspecified atom stereocenters. The van der Waals surface area contributed by atoms with E-state index in [1.54, 1.807) is 0 Å². The van der Waals surface area contributed by atoms with Crippen LogP contribution in [0.5, 0.6) is 0 Å². The zero-order chi connectivity index (χ0) is 11.8. The molecular formula is C13H16ClNO.